The van der Waals surface area contributed by atoms with E-state index in [-0.39, 0.29) is 11.4 Å². The van der Waals surface area contributed by atoms with Gasteiger partial charge < -0.3 is 10.6 Å². The summed E-state index contributed by atoms with van der Waals surface area (Å²) in [6.07, 6.45) is 2.99. The smallest absolute Gasteiger partial charge is 0.254 e. The van der Waals surface area contributed by atoms with Crippen LogP contribution in [0.25, 0.3) is 0 Å². The molecule has 0 saturated heterocycles. The van der Waals surface area contributed by atoms with Crippen molar-refractivity contribution in [2.75, 3.05) is 5.32 Å². The summed E-state index contributed by atoms with van der Waals surface area (Å²) in [5.74, 6) is 0.218. The molecule has 2 N–H and O–H groups in total. The summed E-state index contributed by atoms with van der Waals surface area (Å²) in [6, 6.07) is 5.54. The van der Waals surface area contributed by atoms with E-state index in [1.165, 1.54) is 12.4 Å². The lowest BCUT2D eigenvalue weighted by Crippen LogP contribution is -2.40. The summed E-state index contributed by atoms with van der Waals surface area (Å²) < 4.78 is 0. The number of halogens is 1. The van der Waals surface area contributed by atoms with Crippen LogP contribution in [-0.4, -0.2) is 21.4 Å². The molecule has 0 spiro atoms. The van der Waals surface area contributed by atoms with Gasteiger partial charge in [0.15, 0.2) is 0 Å². The number of benzene rings is 1. The van der Waals surface area contributed by atoms with E-state index in [4.69, 9.17) is 11.6 Å². The van der Waals surface area contributed by atoms with Crippen LogP contribution in [0.5, 0.6) is 0 Å². The van der Waals surface area contributed by atoms with Crippen LogP contribution >= 0.6 is 11.6 Å². The van der Waals surface area contributed by atoms with E-state index in [2.05, 4.69) is 20.6 Å². The van der Waals surface area contributed by atoms with Crippen molar-refractivity contribution in [3.05, 3.63) is 46.7 Å². The highest BCUT2D eigenvalue weighted by atomic mass is 35.5. The van der Waals surface area contributed by atoms with Crippen molar-refractivity contribution in [2.24, 2.45) is 0 Å². The number of aryl methyl sites for hydroxylation is 1. The maximum Gasteiger partial charge on any atom is 0.254 e. The van der Waals surface area contributed by atoms with Crippen LogP contribution in [-0.2, 0) is 0 Å². The van der Waals surface area contributed by atoms with E-state index >= 15 is 0 Å². The van der Waals surface area contributed by atoms with Gasteiger partial charge in [0.2, 0.25) is 5.95 Å². The largest absolute Gasteiger partial charge is 0.347 e. The standard InChI is InChI=1S/C16H19ClN4O/c1-10-5-6-12(17)7-13(10)20-15-18-8-11(9-19-15)14(22)21-16(2,3)4/h5-9H,1-4H3,(H,21,22)(H,18,19,20). The van der Waals surface area contributed by atoms with Gasteiger partial charge >= 0.3 is 0 Å². The monoisotopic (exact) mass is 318 g/mol. The van der Waals surface area contributed by atoms with Crippen molar-refractivity contribution in [1.29, 1.82) is 0 Å². The normalized spacial score (nSPS) is 11.1. The van der Waals surface area contributed by atoms with Gasteiger partial charge in [0, 0.05) is 28.6 Å². The predicted octanol–water partition coefficient (Wildman–Crippen LogP) is 3.71. The molecule has 0 aliphatic carbocycles. The third-order valence-electron chi connectivity index (χ3n) is 2.85. The number of amides is 1. The van der Waals surface area contributed by atoms with Gasteiger partial charge in [0.1, 0.15) is 0 Å². The molecule has 1 aromatic carbocycles. The van der Waals surface area contributed by atoms with Gasteiger partial charge in [-0.2, -0.15) is 0 Å². The SMILES string of the molecule is Cc1ccc(Cl)cc1Nc1ncc(C(=O)NC(C)(C)C)cn1. The number of hydrogen-bond acceptors (Lipinski definition) is 4. The molecule has 0 bridgehead atoms. The highest BCUT2D eigenvalue weighted by Crippen LogP contribution is 2.22. The van der Waals surface area contributed by atoms with Crippen molar-refractivity contribution in [1.82, 2.24) is 15.3 Å². The van der Waals surface area contributed by atoms with Crippen LogP contribution in [0.1, 0.15) is 36.7 Å². The molecule has 0 saturated carbocycles. The molecule has 5 nitrogen and oxygen atoms in total. The lowest BCUT2D eigenvalue weighted by atomic mass is 10.1. The summed E-state index contributed by atoms with van der Waals surface area (Å²) in [6.45, 7) is 7.72. The quantitative estimate of drug-likeness (QED) is 0.905. The van der Waals surface area contributed by atoms with Crippen LogP contribution < -0.4 is 10.6 Å². The molecular weight excluding hydrogens is 300 g/mol. The van der Waals surface area contributed by atoms with Crippen molar-refractivity contribution < 1.29 is 4.79 Å². The molecule has 1 amide bonds. The van der Waals surface area contributed by atoms with E-state index in [1.807, 2.05) is 39.8 Å². The van der Waals surface area contributed by atoms with Gasteiger partial charge in [-0.25, -0.2) is 9.97 Å². The first-order chi connectivity index (χ1) is 10.2. The van der Waals surface area contributed by atoms with Gasteiger partial charge in [0.05, 0.1) is 5.56 Å². The average Bonchev–Trinajstić information content (AvgIpc) is 2.42. The Morgan fingerprint density at radius 3 is 2.41 bits per heavy atom. The van der Waals surface area contributed by atoms with E-state index in [1.54, 1.807) is 6.07 Å². The van der Waals surface area contributed by atoms with Crippen molar-refractivity contribution in [3.63, 3.8) is 0 Å². The zero-order chi connectivity index (χ0) is 16.3. The Labute approximate surface area is 135 Å². The molecule has 6 heteroatoms. The summed E-state index contributed by atoms with van der Waals surface area (Å²) in [7, 11) is 0. The van der Waals surface area contributed by atoms with Crippen LogP contribution in [0.15, 0.2) is 30.6 Å². The Hall–Kier alpha value is -2.14. The summed E-state index contributed by atoms with van der Waals surface area (Å²) in [4.78, 5) is 20.3. The van der Waals surface area contributed by atoms with E-state index in [9.17, 15) is 4.79 Å². The minimum atomic E-state index is -0.300. The van der Waals surface area contributed by atoms with E-state index in [0.717, 1.165) is 11.3 Å². The number of rotatable bonds is 3. The zero-order valence-electron chi connectivity index (χ0n) is 13.1. The topological polar surface area (TPSA) is 66.9 Å². The first-order valence-electron chi connectivity index (χ1n) is 6.92. The Balaban J connectivity index is 2.12. The molecule has 0 radical (unpaired) electrons. The van der Waals surface area contributed by atoms with Crippen LogP contribution in [0.2, 0.25) is 5.02 Å². The minimum absolute atomic E-state index is 0.196. The predicted molar refractivity (Wildman–Crippen MR) is 88.7 cm³/mol. The molecule has 1 heterocycles. The number of hydrogen-bond donors (Lipinski definition) is 2. The number of nitrogens with zero attached hydrogens (tertiary/aromatic N) is 2. The summed E-state index contributed by atoms with van der Waals surface area (Å²) in [5, 5.41) is 6.59. The molecule has 22 heavy (non-hydrogen) atoms. The Morgan fingerprint density at radius 2 is 1.82 bits per heavy atom. The molecule has 1 aromatic heterocycles. The van der Waals surface area contributed by atoms with Crippen LogP contribution in [0.4, 0.5) is 11.6 Å². The van der Waals surface area contributed by atoms with Crippen molar-refractivity contribution in [3.8, 4) is 0 Å². The second-order valence-electron chi connectivity index (χ2n) is 6.08. The van der Waals surface area contributed by atoms with Gasteiger partial charge in [-0.3, -0.25) is 4.79 Å². The number of nitrogens with one attached hydrogen (secondary N) is 2. The van der Waals surface area contributed by atoms with Gasteiger partial charge in [-0.1, -0.05) is 17.7 Å². The fourth-order valence-electron chi connectivity index (χ4n) is 1.77. The summed E-state index contributed by atoms with van der Waals surface area (Å²) in [5.41, 5.74) is 1.98. The fourth-order valence-corrected chi connectivity index (χ4v) is 1.94. The van der Waals surface area contributed by atoms with Crippen LogP contribution in [0.3, 0.4) is 0 Å². The van der Waals surface area contributed by atoms with E-state index < -0.39 is 0 Å². The second kappa shape index (κ2) is 6.32. The fraction of sp³-hybridized carbons (Fsp3) is 0.312. The molecule has 0 atom stereocenters. The minimum Gasteiger partial charge on any atom is -0.347 e. The molecule has 0 fully saturated rings. The maximum atomic E-state index is 12.0. The molecule has 0 aliphatic heterocycles. The number of carbonyl (C=O) groups is 1. The Kier molecular flexibility index (Phi) is 4.66. The van der Waals surface area contributed by atoms with Gasteiger partial charge in [-0.05, 0) is 45.4 Å². The second-order valence-corrected chi connectivity index (χ2v) is 6.52. The third-order valence-corrected chi connectivity index (χ3v) is 3.08. The molecular formula is C16H19ClN4O. The van der Waals surface area contributed by atoms with Crippen molar-refractivity contribution in [2.45, 2.75) is 33.2 Å². The molecule has 2 rings (SSSR count). The van der Waals surface area contributed by atoms with Crippen LogP contribution in [0, 0.1) is 6.92 Å². The highest BCUT2D eigenvalue weighted by Gasteiger charge is 2.15. The third kappa shape index (κ3) is 4.43. The lowest BCUT2D eigenvalue weighted by molar-refractivity contribution is 0.0919. The number of aromatic nitrogens is 2. The maximum absolute atomic E-state index is 12.0. The highest BCUT2D eigenvalue weighted by molar-refractivity contribution is 6.30. The molecule has 116 valence electrons. The zero-order valence-corrected chi connectivity index (χ0v) is 13.8. The van der Waals surface area contributed by atoms with E-state index in [0.29, 0.717) is 16.5 Å². The molecule has 0 aliphatic rings. The number of anilines is 2. The van der Waals surface area contributed by atoms with Gasteiger partial charge in [-0.15, -0.1) is 0 Å². The molecule has 2 aromatic rings. The molecule has 0 unspecified atom stereocenters. The van der Waals surface area contributed by atoms with Gasteiger partial charge in [0.25, 0.3) is 5.91 Å². The Bertz CT molecular complexity index is 678. The Morgan fingerprint density at radius 1 is 1.18 bits per heavy atom. The lowest BCUT2D eigenvalue weighted by Gasteiger charge is -2.20. The first-order valence-corrected chi connectivity index (χ1v) is 7.30. The van der Waals surface area contributed by atoms with Crippen molar-refractivity contribution >= 4 is 29.1 Å². The number of carbonyl (C=O) groups excluding carboxylic acids is 1. The first kappa shape index (κ1) is 16.2. The summed E-state index contributed by atoms with van der Waals surface area (Å²) >= 11 is 5.98. The average molecular weight is 319 g/mol.